The summed E-state index contributed by atoms with van der Waals surface area (Å²) in [6.07, 6.45) is 12.2. The molecule has 0 amide bonds. The summed E-state index contributed by atoms with van der Waals surface area (Å²) in [6.45, 7) is 11.5. The number of rotatable bonds is 6. The third kappa shape index (κ3) is 3.51. The summed E-state index contributed by atoms with van der Waals surface area (Å²) in [5.41, 5.74) is 1.46. The summed E-state index contributed by atoms with van der Waals surface area (Å²) < 4.78 is 6.57. The number of hydrogen-bond acceptors (Lipinski definition) is 2. The largest absolute Gasteiger partial charge is 0.512 e. The topological polar surface area (TPSA) is 29.5 Å². The molecule has 0 saturated heterocycles. The van der Waals surface area contributed by atoms with Gasteiger partial charge in [-0.15, -0.1) is 0 Å². The fourth-order valence-electron chi connectivity index (χ4n) is 5.51. The molecule has 0 aromatic heterocycles. The highest BCUT2D eigenvalue weighted by molar-refractivity contribution is 5.36. The number of allylic oxidation sites excluding steroid dienone is 3. The molecule has 0 heterocycles. The molecule has 4 atom stereocenters. The Kier molecular flexibility index (Phi) is 5.56. The minimum absolute atomic E-state index is 0.177. The van der Waals surface area contributed by atoms with Gasteiger partial charge in [-0.1, -0.05) is 41.0 Å². The molecule has 0 aliphatic heterocycles. The van der Waals surface area contributed by atoms with Crippen LogP contribution in [-0.2, 0) is 4.74 Å². The van der Waals surface area contributed by atoms with Gasteiger partial charge in [0.15, 0.2) is 0 Å². The van der Waals surface area contributed by atoms with Gasteiger partial charge in [0.25, 0.3) is 0 Å². The molecule has 2 unspecified atom stereocenters. The van der Waals surface area contributed by atoms with Crippen LogP contribution < -0.4 is 0 Å². The fraction of sp³-hybridized carbons (Fsp3) is 0.826. The molecule has 3 rings (SSSR count). The molecule has 2 nitrogen and oxygen atoms in total. The van der Waals surface area contributed by atoms with Crippen molar-refractivity contribution in [2.45, 2.75) is 92.1 Å². The molecule has 3 aliphatic carbocycles. The number of fused-ring (bicyclic) bond motifs is 1. The zero-order chi connectivity index (χ0) is 18.2. The molecule has 0 aromatic carbocycles. The van der Waals surface area contributed by atoms with Gasteiger partial charge in [-0.05, 0) is 73.3 Å². The highest BCUT2D eigenvalue weighted by Crippen LogP contribution is 2.65. The van der Waals surface area contributed by atoms with E-state index in [1.165, 1.54) is 44.1 Å². The third-order valence-electron chi connectivity index (χ3n) is 7.35. The van der Waals surface area contributed by atoms with Gasteiger partial charge in [0, 0.05) is 12.3 Å². The van der Waals surface area contributed by atoms with Crippen molar-refractivity contribution in [1.29, 1.82) is 0 Å². The second-order valence-electron chi connectivity index (χ2n) is 9.52. The van der Waals surface area contributed by atoms with Gasteiger partial charge in [-0.2, -0.15) is 0 Å². The van der Waals surface area contributed by atoms with E-state index in [9.17, 15) is 5.11 Å². The molecule has 2 heteroatoms. The van der Waals surface area contributed by atoms with E-state index in [1.54, 1.807) is 0 Å². The van der Waals surface area contributed by atoms with Crippen LogP contribution in [0.25, 0.3) is 0 Å². The van der Waals surface area contributed by atoms with E-state index in [0.717, 1.165) is 18.6 Å². The van der Waals surface area contributed by atoms with Crippen LogP contribution in [-0.4, -0.2) is 11.2 Å². The quantitative estimate of drug-likeness (QED) is 0.537. The van der Waals surface area contributed by atoms with Crippen LogP contribution in [0, 0.1) is 29.1 Å². The lowest BCUT2D eigenvalue weighted by molar-refractivity contribution is 0.0129. The highest BCUT2D eigenvalue weighted by Gasteiger charge is 2.57. The summed E-state index contributed by atoms with van der Waals surface area (Å²) in [4.78, 5) is 0. The maximum absolute atomic E-state index is 10.8. The van der Waals surface area contributed by atoms with Crippen molar-refractivity contribution >= 4 is 0 Å². The number of aliphatic hydroxyl groups is 1. The molecule has 2 saturated carbocycles. The Balaban J connectivity index is 1.82. The zero-order valence-corrected chi connectivity index (χ0v) is 17.0. The van der Waals surface area contributed by atoms with E-state index < -0.39 is 0 Å². The minimum Gasteiger partial charge on any atom is -0.512 e. The summed E-state index contributed by atoms with van der Waals surface area (Å²) >= 11 is 0. The lowest BCUT2D eigenvalue weighted by Gasteiger charge is -2.52. The smallest absolute Gasteiger partial charge is 0.0994 e. The van der Waals surface area contributed by atoms with Crippen LogP contribution in [0.1, 0.15) is 86.0 Å². The second kappa shape index (κ2) is 7.37. The van der Waals surface area contributed by atoms with Crippen LogP contribution in [0.5, 0.6) is 0 Å². The summed E-state index contributed by atoms with van der Waals surface area (Å²) in [5.74, 6) is 3.93. The first-order valence-corrected chi connectivity index (χ1v) is 10.6. The number of ether oxygens (including phenoxy) is 1. The third-order valence-corrected chi connectivity index (χ3v) is 7.35. The van der Waals surface area contributed by atoms with E-state index in [4.69, 9.17) is 4.74 Å². The van der Waals surface area contributed by atoms with Crippen molar-refractivity contribution in [3.63, 3.8) is 0 Å². The van der Waals surface area contributed by atoms with Gasteiger partial charge in [0.2, 0.25) is 0 Å². The first-order chi connectivity index (χ1) is 11.8. The van der Waals surface area contributed by atoms with Crippen molar-refractivity contribution in [1.82, 2.24) is 0 Å². The Labute approximate surface area is 154 Å². The van der Waals surface area contributed by atoms with Crippen molar-refractivity contribution in [2.75, 3.05) is 0 Å². The minimum atomic E-state index is 0.177. The number of aliphatic hydroxyl groups excluding tert-OH is 1. The van der Waals surface area contributed by atoms with E-state index in [0.29, 0.717) is 29.6 Å². The van der Waals surface area contributed by atoms with E-state index >= 15 is 0 Å². The van der Waals surface area contributed by atoms with E-state index in [2.05, 4.69) is 40.7 Å². The van der Waals surface area contributed by atoms with Crippen molar-refractivity contribution in [3.05, 3.63) is 23.2 Å². The Morgan fingerprint density at radius 2 is 1.92 bits per heavy atom. The molecule has 142 valence electrons. The lowest BCUT2D eigenvalue weighted by Crippen LogP contribution is -2.45. The Morgan fingerprint density at radius 1 is 1.24 bits per heavy atom. The molecule has 0 spiro atoms. The summed E-state index contributed by atoms with van der Waals surface area (Å²) in [6, 6.07) is 0. The highest BCUT2D eigenvalue weighted by atomic mass is 16.5. The molecule has 1 N–H and O–H groups in total. The van der Waals surface area contributed by atoms with E-state index in [1.807, 2.05) is 0 Å². The SMILES string of the molecule is CC(C)C/C=C(\OC1CCCCC1)[C@H](C)C1=C(O)CC2CC(C)[C@]12C. The van der Waals surface area contributed by atoms with Gasteiger partial charge < -0.3 is 9.84 Å². The van der Waals surface area contributed by atoms with Crippen LogP contribution in [0.4, 0.5) is 0 Å². The Bertz CT molecular complexity index is 538. The molecule has 0 radical (unpaired) electrons. The van der Waals surface area contributed by atoms with Gasteiger partial charge >= 0.3 is 0 Å². The first-order valence-electron chi connectivity index (χ1n) is 10.6. The average Bonchev–Trinajstić information content (AvgIpc) is 2.78. The molecule has 2 fully saturated rings. The number of hydrogen-bond donors (Lipinski definition) is 1. The normalized spacial score (nSPS) is 34.9. The van der Waals surface area contributed by atoms with Gasteiger partial charge in [-0.25, -0.2) is 0 Å². The van der Waals surface area contributed by atoms with Crippen molar-refractivity contribution in [3.8, 4) is 0 Å². The predicted octanol–water partition coefficient (Wildman–Crippen LogP) is 6.78. The summed E-state index contributed by atoms with van der Waals surface area (Å²) in [5, 5.41) is 10.8. The molecular weight excluding hydrogens is 308 g/mol. The standard InChI is InChI=1S/C23H38O2/c1-15(2)11-12-21(25-19-9-7-6-8-10-19)17(4)22-20(24)14-18-13-16(3)23(18,22)5/h12,15-19,24H,6-11,13-14H2,1-5H3/b21-12-/t16?,17-,18?,23-/m0/s1. The van der Waals surface area contributed by atoms with Crippen molar-refractivity contribution in [2.24, 2.45) is 29.1 Å². The van der Waals surface area contributed by atoms with Gasteiger partial charge in [0.1, 0.15) is 0 Å². The van der Waals surface area contributed by atoms with Crippen molar-refractivity contribution < 1.29 is 9.84 Å². The van der Waals surface area contributed by atoms with Crippen LogP contribution in [0.3, 0.4) is 0 Å². The first kappa shape index (κ1) is 18.9. The Hall–Kier alpha value is -0.920. The maximum atomic E-state index is 10.8. The van der Waals surface area contributed by atoms with Gasteiger partial charge in [-0.3, -0.25) is 0 Å². The predicted molar refractivity (Wildman–Crippen MR) is 104 cm³/mol. The monoisotopic (exact) mass is 346 g/mol. The van der Waals surface area contributed by atoms with Crippen LogP contribution >= 0.6 is 0 Å². The molecule has 0 aromatic rings. The van der Waals surface area contributed by atoms with Crippen LogP contribution in [0.15, 0.2) is 23.2 Å². The Morgan fingerprint density at radius 3 is 2.52 bits per heavy atom. The molecule has 0 bridgehead atoms. The zero-order valence-electron chi connectivity index (χ0n) is 17.0. The fourth-order valence-corrected chi connectivity index (χ4v) is 5.51. The van der Waals surface area contributed by atoms with Crippen LogP contribution in [0.2, 0.25) is 0 Å². The molecule has 25 heavy (non-hydrogen) atoms. The lowest BCUT2D eigenvalue weighted by atomic mass is 9.52. The van der Waals surface area contributed by atoms with Gasteiger partial charge in [0.05, 0.1) is 17.6 Å². The second-order valence-corrected chi connectivity index (χ2v) is 9.52. The average molecular weight is 347 g/mol. The molecular formula is C23H38O2. The van der Waals surface area contributed by atoms with E-state index in [-0.39, 0.29) is 11.3 Å². The summed E-state index contributed by atoms with van der Waals surface area (Å²) in [7, 11) is 0. The molecule has 3 aliphatic rings. The maximum Gasteiger partial charge on any atom is 0.0994 e.